The number of piperazine rings is 1. The number of hydrogen-bond donors (Lipinski definition) is 1. The molecule has 1 amide bonds. The van der Waals surface area contributed by atoms with Crippen molar-refractivity contribution in [1.82, 2.24) is 19.8 Å². The van der Waals surface area contributed by atoms with Crippen LogP contribution in [0.4, 0.5) is 6.01 Å². The molecule has 0 radical (unpaired) electrons. The number of ether oxygens (including phenoxy) is 1. The van der Waals surface area contributed by atoms with E-state index in [1.165, 1.54) is 0 Å². The second kappa shape index (κ2) is 9.02. The van der Waals surface area contributed by atoms with Crippen LogP contribution in [0.25, 0.3) is 22.4 Å². The summed E-state index contributed by atoms with van der Waals surface area (Å²) in [5, 5.41) is 3.31. The van der Waals surface area contributed by atoms with Crippen molar-refractivity contribution < 1.29 is 13.9 Å². The van der Waals surface area contributed by atoms with Crippen LogP contribution < -0.4 is 10.1 Å². The normalized spacial score (nSPS) is 17.0. The van der Waals surface area contributed by atoms with E-state index >= 15 is 0 Å². The molecular weight excluding hydrogens is 418 g/mol. The molecule has 0 bridgehead atoms. The number of carbonyl (C=O) groups excluding carboxylic acids is 1. The minimum absolute atomic E-state index is 0.0335. The van der Waals surface area contributed by atoms with E-state index in [2.05, 4.69) is 27.1 Å². The van der Waals surface area contributed by atoms with Gasteiger partial charge in [-0.2, -0.15) is 4.98 Å². The quantitative estimate of drug-likeness (QED) is 0.583. The van der Waals surface area contributed by atoms with Crippen LogP contribution in [0.2, 0.25) is 0 Å². The van der Waals surface area contributed by atoms with Gasteiger partial charge in [-0.25, -0.2) is 0 Å². The van der Waals surface area contributed by atoms with Gasteiger partial charge in [0.1, 0.15) is 0 Å². The number of benzene rings is 1. The summed E-state index contributed by atoms with van der Waals surface area (Å²) in [7, 11) is 0. The third kappa shape index (κ3) is 4.66. The zero-order valence-corrected chi connectivity index (χ0v) is 19.5. The number of likely N-dealkylation sites (N-methyl/N-ethyl adjacent to an activating group) is 1. The number of oxazole rings is 1. The number of nitrogens with zero attached hydrogens (tertiary/aromatic N) is 4. The summed E-state index contributed by atoms with van der Waals surface area (Å²) in [6.45, 7) is 10.5. The van der Waals surface area contributed by atoms with Crippen LogP contribution in [0, 0.1) is 0 Å². The molecule has 0 unspecified atom stereocenters. The van der Waals surface area contributed by atoms with Crippen molar-refractivity contribution >= 4 is 23.0 Å². The fourth-order valence-corrected chi connectivity index (χ4v) is 4.12. The first-order chi connectivity index (χ1) is 16.0. The van der Waals surface area contributed by atoms with Gasteiger partial charge in [-0.05, 0) is 57.5 Å². The van der Waals surface area contributed by atoms with Gasteiger partial charge in [0.05, 0.1) is 17.4 Å². The second-order valence-electron chi connectivity index (χ2n) is 9.05. The molecule has 2 aliphatic rings. The Bertz CT molecular complexity index is 1130. The van der Waals surface area contributed by atoms with Gasteiger partial charge in [-0.15, -0.1) is 0 Å². The SMILES string of the molecule is CCN1CCN(C(=O)c2ccc(-c3ccc4oc(NC5CC5)nc4c3OC(C)C)nc2)CC1. The maximum absolute atomic E-state index is 12.9. The minimum atomic E-state index is -0.0338. The average molecular weight is 450 g/mol. The average Bonchev–Trinajstić information content (AvgIpc) is 3.54. The van der Waals surface area contributed by atoms with Crippen molar-refractivity contribution in [2.75, 3.05) is 38.0 Å². The van der Waals surface area contributed by atoms with E-state index in [1.807, 2.05) is 43.0 Å². The molecule has 2 aromatic heterocycles. The molecule has 1 aliphatic heterocycles. The summed E-state index contributed by atoms with van der Waals surface area (Å²) < 4.78 is 12.1. The lowest BCUT2D eigenvalue weighted by molar-refractivity contribution is 0.0643. The van der Waals surface area contributed by atoms with E-state index < -0.39 is 0 Å². The smallest absolute Gasteiger partial charge is 0.296 e. The van der Waals surface area contributed by atoms with Gasteiger partial charge in [0.25, 0.3) is 11.9 Å². The van der Waals surface area contributed by atoms with Crippen LogP contribution in [-0.2, 0) is 0 Å². The minimum Gasteiger partial charge on any atom is -0.488 e. The summed E-state index contributed by atoms with van der Waals surface area (Å²) >= 11 is 0. The van der Waals surface area contributed by atoms with E-state index in [1.54, 1.807) is 6.20 Å². The topological polar surface area (TPSA) is 83.7 Å². The molecule has 8 nitrogen and oxygen atoms in total. The number of fused-ring (bicyclic) bond motifs is 1. The zero-order valence-electron chi connectivity index (χ0n) is 19.5. The van der Waals surface area contributed by atoms with E-state index in [0.717, 1.165) is 56.8 Å². The maximum atomic E-state index is 12.9. The number of hydrogen-bond acceptors (Lipinski definition) is 7. The molecule has 0 spiro atoms. The molecule has 3 aromatic rings. The summed E-state index contributed by atoms with van der Waals surface area (Å²) in [4.78, 5) is 26.5. The number of anilines is 1. The lowest BCUT2D eigenvalue weighted by Crippen LogP contribution is -2.48. The Hall–Kier alpha value is -3.13. The van der Waals surface area contributed by atoms with Crippen molar-refractivity contribution in [3.63, 3.8) is 0 Å². The lowest BCUT2D eigenvalue weighted by Gasteiger charge is -2.34. The highest BCUT2D eigenvalue weighted by Gasteiger charge is 2.25. The molecule has 1 saturated carbocycles. The molecule has 1 saturated heterocycles. The Labute approximate surface area is 193 Å². The van der Waals surface area contributed by atoms with Gasteiger partial charge in [0, 0.05) is 44.0 Å². The highest BCUT2D eigenvalue weighted by Crippen LogP contribution is 2.38. The first-order valence-electron chi connectivity index (χ1n) is 11.9. The highest BCUT2D eigenvalue weighted by atomic mass is 16.5. The summed E-state index contributed by atoms with van der Waals surface area (Å²) in [5.74, 6) is 0.684. The number of rotatable bonds is 7. The maximum Gasteiger partial charge on any atom is 0.296 e. The molecule has 1 N–H and O–H groups in total. The summed E-state index contributed by atoms with van der Waals surface area (Å²) in [6.07, 6.45) is 3.91. The van der Waals surface area contributed by atoms with Crippen LogP contribution in [0.5, 0.6) is 5.75 Å². The number of amides is 1. The van der Waals surface area contributed by atoms with Crippen LogP contribution in [0.15, 0.2) is 34.9 Å². The number of carbonyl (C=O) groups is 1. The standard InChI is InChI=1S/C25H31N5O3/c1-4-29-11-13-30(14-12-29)24(31)17-5-9-20(26-15-17)19-8-10-21-22(23(19)32-16(2)3)28-25(33-21)27-18-6-7-18/h5,8-10,15-16,18H,4,6-7,11-14H2,1-3H3,(H,27,28). The fourth-order valence-electron chi connectivity index (χ4n) is 4.12. The molecule has 8 heteroatoms. The van der Waals surface area contributed by atoms with Crippen molar-refractivity contribution in [2.24, 2.45) is 0 Å². The molecular formula is C25H31N5O3. The Balaban J connectivity index is 1.41. The first-order valence-corrected chi connectivity index (χ1v) is 11.9. The van der Waals surface area contributed by atoms with Crippen molar-refractivity contribution in [2.45, 2.75) is 45.8 Å². The van der Waals surface area contributed by atoms with Crippen LogP contribution in [0.3, 0.4) is 0 Å². The van der Waals surface area contributed by atoms with Gasteiger partial charge in [-0.3, -0.25) is 9.78 Å². The van der Waals surface area contributed by atoms with Gasteiger partial charge >= 0.3 is 0 Å². The predicted octanol–water partition coefficient (Wildman–Crippen LogP) is 4.03. The third-order valence-electron chi connectivity index (χ3n) is 6.17. The second-order valence-corrected chi connectivity index (χ2v) is 9.05. The van der Waals surface area contributed by atoms with Gasteiger partial charge < -0.3 is 24.3 Å². The van der Waals surface area contributed by atoms with E-state index in [-0.39, 0.29) is 12.0 Å². The van der Waals surface area contributed by atoms with E-state index in [0.29, 0.717) is 34.5 Å². The fraction of sp³-hybridized carbons (Fsp3) is 0.480. The van der Waals surface area contributed by atoms with Gasteiger partial charge in [-0.1, -0.05) is 6.92 Å². The van der Waals surface area contributed by atoms with Gasteiger partial charge in [0.2, 0.25) is 0 Å². The lowest BCUT2D eigenvalue weighted by atomic mass is 10.1. The highest BCUT2D eigenvalue weighted by molar-refractivity contribution is 5.95. The van der Waals surface area contributed by atoms with Crippen molar-refractivity contribution in [3.05, 3.63) is 36.0 Å². The van der Waals surface area contributed by atoms with E-state index in [9.17, 15) is 4.79 Å². The molecule has 174 valence electrons. The monoisotopic (exact) mass is 449 g/mol. The Morgan fingerprint density at radius 3 is 2.61 bits per heavy atom. The predicted molar refractivity (Wildman–Crippen MR) is 128 cm³/mol. The van der Waals surface area contributed by atoms with Crippen molar-refractivity contribution in [3.8, 4) is 17.0 Å². The summed E-state index contributed by atoms with van der Waals surface area (Å²) in [5.41, 5.74) is 3.53. The van der Waals surface area contributed by atoms with E-state index in [4.69, 9.17) is 9.15 Å². The summed E-state index contributed by atoms with van der Waals surface area (Å²) in [6, 6.07) is 8.55. The van der Waals surface area contributed by atoms with Gasteiger partial charge in [0.15, 0.2) is 16.8 Å². The van der Waals surface area contributed by atoms with Crippen LogP contribution in [-0.4, -0.2) is 70.5 Å². The number of pyridine rings is 1. The largest absolute Gasteiger partial charge is 0.488 e. The Kier molecular flexibility index (Phi) is 5.93. The molecule has 1 aliphatic carbocycles. The Morgan fingerprint density at radius 1 is 1.18 bits per heavy atom. The molecule has 3 heterocycles. The number of nitrogens with one attached hydrogen (secondary N) is 1. The zero-order chi connectivity index (χ0) is 22.9. The molecule has 0 atom stereocenters. The molecule has 2 fully saturated rings. The van der Waals surface area contributed by atoms with Crippen LogP contribution in [0.1, 0.15) is 44.0 Å². The third-order valence-corrected chi connectivity index (χ3v) is 6.17. The molecule has 5 rings (SSSR count). The van der Waals surface area contributed by atoms with Crippen molar-refractivity contribution in [1.29, 1.82) is 0 Å². The number of aromatic nitrogens is 2. The first kappa shape index (κ1) is 21.7. The Morgan fingerprint density at radius 2 is 1.97 bits per heavy atom. The molecule has 33 heavy (non-hydrogen) atoms. The van der Waals surface area contributed by atoms with Crippen LogP contribution >= 0.6 is 0 Å². The molecule has 1 aromatic carbocycles.